The lowest BCUT2D eigenvalue weighted by atomic mass is 9.82. The van der Waals surface area contributed by atoms with Gasteiger partial charge in [0, 0.05) is 18.2 Å². The van der Waals surface area contributed by atoms with Gasteiger partial charge in [-0.25, -0.2) is 9.97 Å². The number of hydrogen-bond acceptors (Lipinski definition) is 6. The van der Waals surface area contributed by atoms with Crippen molar-refractivity contribution in [2.24, 2.45) is 0 Å². The number of aromatic nitrogens is 2. The van der Waals surface area contributed by atoms with Crippen LogP contribution in [0.5, 0.6) is 11.5 Å². The summed E-state index contributed by atoms with van der Waals surface area (Å²) in [6.07, 6.45) is 2.49. The number of methoxy groups -OCH3 is 2. The molecule has 7 heteroatoms. The largest absolute Gasteiger partial charge is 0.497 e. The number of ketones is 1. The highest BCUT2D eigenvalue weighted by Crippen LogP contribution is 2.32. The lowest BCUT2D eigenvalue weighted by molar-refractivity contribution is 0.0962. The number of carbonyl (C=O) groups excluding carboxylic acids is 2. The molecule has 1 amide bonds. The summed E-state index contributed by atoms with van der Waals surface area (Å²) in [6, 6.07) is 14.5. The lowest BCUT2D eigenvalue weighted by Crippen LogP contribution is -2.22. The molecule has 4 rings (SSSR count). The van der Waals surface area contributed by atoms with Crippen molar-refractivity contribution in [1.82, 2.24) is 9.97 Å². The highest BCUT2D eigenvalue weighted by atomic mass is 16.5. The number of fused-ring (bicyclic) bond motifs is 1. The number of anilines is 1. The van der Waals surface area contributed by atoms with Crippen molar-refractivity contribution in [3.8, 4) is 11.5 Å². The maximum atomic E-state index is 12.6. The van der Waals surface area contributed by atoms with Crippen LogP contribution in [0, 0.1) is 0 Å². The average Bonchev–Trinajstić information content (AvgIpc) is 2.79. The van der Waals surface area contributed by atoms with Crippen LogP contribution in [0.3, 0.4) is 0 Å². The third-order valence-corrected chi connectivity index (χ3v) is 5.18. The second kappa shape index (κ2) is 8.32. The second-order valence-corrected chi connectivity index (χ2v) is 7.04. The molecule has 1 atom stereocenters. The molecule has 3 aromatic rings. The molecule has 152 valence electrons. The van der Waals surface area contributed by atoms with Crippen LogP contribution >= 0.6 is 0 Å². The van der Waals surface area contributed by atoms with Gasteiger partial charge in [0.25, 0.3) is 5.91 Å². The van der Waals surface area contributed by atoms with Crippen molar-refractivity contribution < 1.29 is 19.1 Å². The van der Waals surface area contributed by atoms with E-state index in [0.29, 0.717) is 35.4 Å². The number of nitrogens with zero attached hydrogens (tertiary/aromatic N) is 2. The van der Waals surface area contributed by atoms with Gasteiger partial charge in [-0.2, -0.15) is 0 Å². The zero-order chi connectivity index (χ0) is 21.1. The molecule has 1 aliphatic carbocycles. The van der Waals surface area contributed by atoms with Crippen LogP contribution in [0.2, 0.25) is 0 Å². The topological polar surface area (TPSA) is 90.4 Å². The number of Topliss-reactive ketones (excluding diaryl/α,β-unsaturated/α-hetero) is 1. The van der Waals surface area contributed by atoms with Gasteiger partial charge in [0.15, 0.2) is 5.78 Å². The van der Waals surface area contributed by atoms with E-state index >= 15 is 0 Å². The van der Waals surface area contributed by atoms with Crippen LogP contribution in [0.25, 0.3) is 0 Å². The molecular weight excluding hydrogens is 382 g/mol. The van der Waals surface area contributed by atoms with E-state index in [1.54, 1.807) is 38.5 Å². The van der Waals surface area contributed by atoms with Gasteiger partial charge in [0.1, 0.15) is 11.5 Å². The summed E-state index contributed by atoms with van der Waals surface area (Å²) in [4.78, 5) is 33.8. The highest BCUT2D eigenvalue weighted by molar-refractivity contribution is 6.04. The molecule has 1 aromatic heterocycles. The molecule has 0 fully saturated rings. The number of amides is 1. The standard InChI is InChI=1S/C23H21N3O4/c1-29-17-8-6-14(7-9-17)16-11-20-19(21(27)12-16)13-24-23(25-20)26-22(28)15-4-3-5-18(10-15)30-2/h3-10,13,16H,11-12H2,1-2H3,(H,24,25,26,28)/t16-/m0/s1. The predicted molar refractivity (Wildman–Crippen MR) is 111 cm³/mol. The minimum Gasteiger partial charge on any atom is -0.497 e. The normalized spacial score (nSPS) is 15.3. The van der Waals surface area contributed by atoms with E-state index in [2.05, 4.69) is 15.3 Å². The first-order valence-electron chi connectivity index (χ1n) is 9.56. The van der Waals surface area contributed by atoms with Gasteiger partial charge in [-0.15, -0.1) is 0 Å². The molecule has 1 aliphatic rings. The number of rotatable bonds is 5. The van der Waals surface area contributed by atoms with Gasteiger partial charge in [0.05, 0.1) is 25.5 Å². The minimum absolute atomic E-state index is 0.00254. The summed E-state index contributed by atoms with van der Waals surface area (Å²) in [5, 5.41) is 2.70. The molecule has 0 bridgehead atoms. The Balaban J connectivity index is 1.55. The van der Waals surface area contributed by atoms with E-state index in [4.69, 9.17) is 9.47 Å². The molecule has 0 unspecified atom stereocenters. The molecule has 0 saturated heterocycles. The summed E-state index contributed by atoms with van der Waals surface area (Å²) in [5.41, 5.74) is 2.64. The molecule has 30 heavy (non-hydrogen) atoms. The number of benzene rings is 2. The van der Waals surface area contributed by atoms with Crippen LogP contribution < -0.4 is 14.8 Å². The first kappa shape index (κ1) is 19.6. The molecule has 2 aromatic carbocycles. The fraction of sp³-hybridized carbons (Fsp3) is 0.217. The van der Waals surface area contributed by atoms with E-state index in [9.17, 15) is 9.59 Å². The fourth-order valence-corrected chi connectivity index (χ4v) is 3.55. The van der Waals surface area contributed by atoms with Crippen LogP contribution in [0.15, 0.2) is 54.7 Å². The van der Waals surface area contributed by atoms with Crippen molar-refractivity contribution >= 4 is 17.6 Å². The number of ether oxygens (including phenoxy) is 2. The van der Waals surface area contributed by atoms with Gasteiger partial charge < -0.3 is 9.47 Å². The van der Waals surface area contributed by atoms with E-state index in [-0.39, 0.29) is 23.6 Å². The number of carbonyl (C=O) groups is 2. The minimum atomic E-state index is -0.345. The number of hydrogen-bond donors (Lipinski definition) is 1. The van der Waals surface area contributed by atoms with Crippen LogP contribution in [0.1, 0.15) is 44.3 Å². The van der Waals surface area contributed by atoms with Crippen LogP contribution in [0.4, 0.5) is 5.95 Å². The van der Waals surface area contributed by atoms with Gasteiger partial charge in [0.2, 0.25) is 5.95 Å². The summed E-state index contributed by atoms with van der Waals surface area (Å²) < 4.78 is 10.4. The summed E-state index contributed by atoms with van der Waals surface area (Å²) >= 11 is 0. The zero-order valence-corrected chi connectivity index (χ0v) is 16.7. The summed E-state index contributed by atoms with van der Waals surface area (Å²) in [6.45, 7) is 0. The van der Waals surface area contributed by atoms with Gasteiger partial charge >= 0.3 is 0 Å². The second-order valence-electron chi connectivity index (χ2n) is 7.04. The molecular formula is C23H21N3O4. The zero-order valence-electron chi connectivity index (χ0n) is 16.7. The Morgan fingerprint density at radius 2 is 1.80 bits per heavy atom. The molecule has 0 spiro atoms. The Labute approximate surface area is 174 Å². The van der Waals surface area contributed by atoms with E-state index in [0.717, 1.165) is 11.3 Å². The van der Waals surface area contributed by atoms with E-state index in [1.807, 2.05) is 24.3 Å². The first-order valence-corrected chi connectivity index (χ1v) is 9.56. The molecule has 1 heterocycles. The Morgan fingerprint density at radius 3 is 2.53 bits per heavy atom. The van der Waals surface area contributed by atoms with Crippen LogP contribution in [-0.4, -0.2) is 35.9 Å². The quantitative estimate of drug-likeness (QED) is 0.699. The fourth-order valence-electron chi connectivity index (χ4n) is 3.55. The molecule has 0 radical (unpaired) electrons. The Kier molecular flexibility index (Phi) is 5.43. The Bertz CT molecular complexity index is 1100. The smallest absolute Gasteiger partial charge is 0.258 e. The molecule has 1 N–H and O–H groups in total. The van der Waals surface area contributed by atoms with Crippen molar-refractivity contribution in [3.63, 3.8) is 0 Å². The van der Waals surface area contributed by atoms with Crippen molar-refractivity contribution in [3.05, 3.63) is 77.1 Å². The predicted octanol–water partition coefficient (Wildman–Crippen LogP) is 3.66. The number of nitrogens with one attached hydrogen (secondary N) is 1. The van der Waals surface area contributed by atoms with Crippen molar-refractivity contribution in [2.45, 2.75) is 18.8 Å². The molecule has 7 nitrogen and oxygen atoms in total. The van der Waals surface area contributed by atoms with Gasteiger partial charge in [-0.1, -0.05) is 18.2 Å². The Hall–Kier alpha value is -3.74. The van der Waals surface area contributed by atoms with Gasteiger partial charge in [-0.3, -0.25) is 14.9 Å². The maximum absolute atomic E-state index is 12.6. The van der Waals surface area contributed by atoms with Crippen molar-refractivity contribution in [2.75, 3.05) is 19.5 Å². The maximum Gasteiger partial charge on any atom is 0.258 e. The first-order chi connectivity index (χ1) is 14.6. The Morgan fingerprint density at radius 1 is 1.03 bits per heavy atom. The summed E-state index contributed by atoms with van der Waals surface area (Å²) in [5.74, 6) is 1.20. The summed E-state index contributed by atoms with van der Waals surface area (Å²) in [7, 11) is 3.16. The van der Waals surface area contributed by atoms with E-state index < -0.39 is 0 Å². The lowest BCUT2D eigenvalue weighted by Gasteiger charge is -2.23. The molecule has 0 saturated carbocycles. The van der Waals surface area contributed by atoms with Crippen molar-refractivity contribution in [1.29, 1.82) is 0 Å². The monoisotopic (exact) mass is 403 g/mol. The third kappa shape index (κ3) is 4.00. The molecule has 0 aliphatic heterocycles. The SMILES string of the molecule is COc1ccc([C@@H]2CC(=O)c3cnc(NC(=O)c4cccc(OC)c4)nc3C2)cc1. The van der Waals surface area contributed by atoms with Gasteiger partial charge in [-0.05, 0) is 48.2 Å². The van der Waals surface area contributed by atoms with E-state index in [1.165, 1.54) is 6.20 Å². The van der Waals surface area contributed by atoms with Crippen LogP contribution in [-0.2, 0) is 6.42 Å². The average molecular weight is 403 g/mol. The highest BCUT2D eigenvalue weighted by Gasteiger charge is 2.28. The third-order valence-electron chi connectivity index (χ3n) is 5.18.